The Kier molecular flexibility index (Phi) is 9.11. The summed E-state index contributed by atoms with van der Waals surface area (Å²) in [7, 11) is 0. The Morgan fingerprint density at radius 1 is 1.21 bits per heavy atom. The lowest BCUT2D eigenvalue weighted by Crippen LogP contribution is -2.49. The van der Waals surface area contributed by atoms with Crippen molar-refractivity contribution >= 4 is 35.6 Å². The van der Waals surface area contributed by atoms with Gasteiger partial charge in [-0.15, -0.1) is 11.8 Å². The van der Waals surface area contributed by atoms with E-state index in [4.69, 9.17) is 11.6 Å². The van der Waals surface area contributed by atoms with E-state index in [0.717, 1.165) is 17.2 Å². The van der Waals surface area contributed by atoms with Crippen LogP contribution in [0.3, 0.4) is 0 Å². The molecule has 1 saturated heterocycles. The number of carbonyl (C=O) groups is 2. The summed E-state index contributed by atoms with van der Waals surface area (Å²) in [6.07, 6.45) is 5.20. The average Bonchev–Trinajstić information content (AvgIpc) is 3.20. The van der Waals surface area contributed by atoms with Gasteiger partial charge in [0.25, 0.3) is 0 Å². The number of aldehydes is 1. The molecule has 0 aromatic heterocycles. The number of aliphatic hydroxyl groups excluding tert-OH is 1. The van der Waals surface area contributed by atoms with Crippen LogP contribution >= 0.6 is 23.4 Å². The summed E-state index contributed by atoms with van der Waals surface area (Å²) in [5.41, 5.74) is -1.04. The largest absolute Gasteiger partial charge is 0.393 e. The Bertz CT molecular complexity index is 1220. The molecule has 1 aliphatic carbocycles. The van der Waals surface area contributed by atoms with Gasteiger partial charge in [0.2, 0.25) is 5.91 Å². The normalized spacial score (nSPS) is 29.3. The van der Waals surface area contributed by atoms with Gasteiger partial charge in [0.1, 0.15) is 6.29 Å². The number of aliphatic hydroxyl groups is 1. The quantitative estimate of drug-likeness (QED) is 0.288. The molecule has 1 amide bonds. The van der Waals surface area contributed by atoms with Crippen LogP contribution < -0.4 is 10.6 Å². The van der Waals surface area contributed by atoms with Gasteiger partial charge in [0, 0.05) is 27.9 Å². The van der Waals surface area contributed by atoms with Crippen LogP contribution in [0.4, 0.5) is 8.78 Å². The van der Waals surface area contributed by atoms with Crippen molar-refractivity contribution in [1.82, 2.24) is 10.6 Å². The van der Waals surface area contributed by atoms with Crippen LogP contribution in [0.1, 0.15) is 69.9 Å². The second-order valence-corrected chi connectivity index (χ2v) is 13.3. The first-order valence-corrected chi connectivity index (χ1v) is 15.0. The number of halogens is 3. The number of thioether (sulfide) groups is 1. The minimum absolute atomic E-state index is 0.0211. The third-order valence-corrected chi connectivity index (χ3v) is 9.10. The topological polar surface area (TPSA) is 78.4 Å². The van der Waals surface area contributed by atoms with E-state index in [0.29, 0.717) is 42.7 Å². The standard InChI is InChI=1S/C30H37ClF2N2O3S/c1-29(2,3)15-24-30(16-36,21-13-8-17(31)14-23(21)39-4)25(20-6-5-7-22(32)26(20)33)27(35-24)28(38)34-18-9-11-19(37)12-10-18/h5-8,13-14,16,18-19,24-25,27,35,37H,9-12,15H2,1-4H3,(H,34,38)/t18?,19?,24-,25+,27-,30-/m1/s1. The summed E-state index contributed by atoms with van der Waals surface area (Å²) in [5.74, 6) is -3.50. The fourth-order valence-corrected chi connectivity index (χ4v) is 7.26. The van der Waals surface area contributed by atoms with Gasteiger partial charge < -0.3 is 20.5 Å². The number of nitrogens with one attached hydrogen (secondary N) is 2. The van der Waals surface area contributed by atoms with E-state index in [9.17, 15) is 19.1 Å². The molecule has 9 heteroatoms. The van der Waals surface area contributed by atoms with Crippen molar-refractivity contribution < 1.29 is 23.5 Å². The Labute approximate surface area is 238 Å². The number of carbonyl (C=O) groups excluding carboxylic acids is 2. The predicted octanol–water partition coefficient (Wildman–Crippen LogP) is 5.76. The van der Waals surface area contributed by atoms with Crippen molar-refractivity contribution in [3.8, 4) is 0 Å². The van der Waals surface area contributed by atoms with Crippen LogP contribution in [-0.4, -0.2) is 47.8 Å². The van der Waals surface area contributed by atoms with Crippen molar-refractivity contribution in [3.05, 3.63) is 64.2 Å². The van der Waals surface area contributed by atoms with E-state index >= 15 is 4.39 Å². The van der Waals surface area contributed by atoms with Crippen molar-refractivity contribution in [2.45, 2.75) is 93.3 Å². The Morgan fingerprint density at radius 2 is 1.90 bits per heavy atom. The maximum Gasteiger partial charge on any atom is 0.238 e. The van der Waals surface area contributed by atoms with Crippen molar-refractivity contribution in [3.63, 3.8) is 0 Å². The molecule has 2 aromatic rings. The van der Waals surface area contributed by atoms with Crippen molar-refractivity contribution in [2.24, 2.45) is 5.41 Å². The zero-order valence-electron chi connectivity index (χ0n) is 22.8. The maximum atomic E-state index is 15.6. The number of hydrogen-bond donors (Lipinski definition) is 3. The molecule has 0 unspecified atom stereocenters. The second-order valence-electron chi connectivity index (χ2n) is 12.0. The molecular weight excluding hydrogens is 542 g/mol. The van der Waals surface area contributed by atoms with Gasteiger partial charge in [-0.25, -0.2) is 8.78 Å². The van der Waals surface area contributed by atoms with Crippen LogP contribution in [0.25, 0.3) is 0 Å². The molecule has 0 bridgehead atoms. The van der Waals surface area contributed by atoms with Gasteiger partial charge in [-0.1, -0.05) is 50.6 Å². The summed E-state index contributed by atoms with van der Waals surface area (Å²) in [6, 6.07) is 7.43. The molecule has 2 fully saturated rings. The van der Waals surface area contributed by atoms with Crippen LogP contribution in [0.2, 0.25) is 5.02 Å². The lowest BCUT2D eigenvalue weighted by atomic mass is 9.62. The highest BCUT2D eigenvalue weighted by Crippen LogP contribution is 2.53. The SMILES string of the molecule is CSc1cc(Cl)ccc1[C@]1(C=O)[C@@H](CC(C)(C)C)N[C@@H](C(=O)NC2CCC(O)CC2)[C@@H]1c1cccc(F)c1F. The number of hydrogen-bond acceptors (Lipinski definition) is 5. The van der Waals surface area contributed by atoms with Crippen molar-refractivity contribution in [2.75, 3.05) is 6.26 Å². The van der Waals surface area contributed by atoms with Crippen LogP contribution in [0.5, 0.6) is 0 Å². The lowest BCUT2D eigenvalue weighted by molar-refractivity contribution is -0.124. The summed E-state index contributed by atoms with van der Waals surface area (Å²) in [5, 5.41) is 16.9. The highest BCUT2D eigenvalue weighted by molar-refractivity contribution is 7.98. The molecule has 212 valence electrons. The molecule has 0 spiro atoms. The summed E-state index contributed by atoms with van der Waals surface area (Å²) in [6.45, 7) is 6.13. The Balaban J connectivity index is 1.92. The van der Waals surface area contributed by atoms with E-state index in [1.807, 2.05) is 27.0 Å². The van der Waals surface area contributed by atoms with Crippen LogP contribution in [0.15, 0.2) is 41.3 Å². The predicted molar refractivity (Wildman–Crippen MR) is 151 cm³/mol. The fourth-order valence-electron chi connectivity index (χ4n) is 6.32. The zero-order valence-corrected chi connectivity index (χ0v) is 24.3. The first kappa shape index (κ1) is 30.0. The smallest absolute Gasteiger partial charge is 0.238 e. The van der Waals surface area contributed by atoms with Gasteiger partial charge in [0.15, 0.2) is 11.6 Å². The fraction of sp³-hybridized carbons (Fsp3) is 0.533. The first-order valence-electron chi connectivity index (χ1n) is 13.4. The Morgan fingerprint density at radius 3 is 2.51 bits per heavy atom. The minimum atomic E-state index is -1.39. The molecule has 3 N–H and O–H groups in total. The van der Waals surface area contributed by atoms with E-state index in [1.54, 1.807) is 18.2 Å². The lowest BCUT2D eigenvalue weighted by Gasteiger charge is -2.39. The molecule has 2 aromatic carbocycles. The zero-order chi connectivity index (χ0) is 28.5. The van der Waals surface area contributed by atoms with Crippen LogP contribution in [0, 0.1) is 17.0 Å². The first-order chi connectivity index (χ1) is 18.4. The average molecular weight is 579 g/mol. The van der Waals surface area contributed by atoms with Gasteiger partial charge in [0.05, 0.1) is 17.6 Å². The number of benzene rings is 2. The molecule has 5 nitrogen and oxygen atoms in total. The highest BCUT2D eigenvalue weighted by atomic mass is 35.5. The summed E-state index contributed by atoms with van der Waals surface area (Å²) < 4.78 is 30.3. The Hall–Kier alpha value is -2.00. The second kappa shape index (κ2) is 11.9. The van der Waals surface area contributed by atoms with Crippen LogP contribution in [-0.2, 0) is 15.0 Å². The molecule has 1 heterocycles. The molecule has 1 saturated carbocycles. The van der Waals surface area contributed by atoms with E-state index in [-0.39, 0.29) is 29.0 Å². The van der Waals surface area contributed by atoms with E-state index in [2.05, 4.69) is 10.6 Å². The third-order valence-electron chi connectivity index (χ3n) is 8.09. The van der Waals surface area contributed by atoms with Gasteiger partial charge in [-0.3, -0.25) is 4.79 Å². The third kappa shape index (κ3) is 6.04. The van der Waals surface area contributed by atoms with Gasteiger partial charge in [-0.2, -0.15) is 0 Å². The molecule has 2 aliphatic rings. The van der Waals surface area contributed by atoms with E-state index in [1.165, 1.54) is 23.9 Å². The molecule has 4 atom stereocenters. The molecule has 1 aliphatic heterocycles. The maximum absolute atomic E-state index is 15.6. The summed E-state index contributed by atoms with van der Waals surface area (Å²) in [4.78, 5) is 28.2. The van der Waals surface area contributed by atoms with Gasteiger partial charge >= 0.3 is 0 Å². The molecule has 39 heavy (non-hydrogen) atoms. The number of amides is 1. The molecule has 4 rings (SSSR count). The molecule has 0 radical (unpaired) electrons. The monoisotopic (exact) mass is 578 g/mol. The number of rotatable bonds is 7. The van der Waals surface area contributed by atoms with Crippen molar-refractivity contribution in [1.29, 1.82) is 0 Å². The minimum Gasteiger partial charge on any atom is -0.393 e. The molecular formula is C30H37ClF2N2O3S. The highest BCUT2D eigenvalue weighted by Gasteiger charge is 2.60. The summed E-state index contributed by atoms with van der Waals surface area (Å²) >= 11 is 7.73. The van der Waals surface area contributed by atoms with E-state index < -0.39 is 35.1 Å². The van der Waals surface area contributed by atoms with Gasteiger partial charge in [-0.05, 0) is 73.1 Å².